The molecule has 5 heterocycles. The van der Waals surface area contributed by atoms with E-state index in [1.165, 1.54) is 39.0 Å². The lowest BCUT2D eigenvalue weighted by Gasteiger charge is -2.43. The highest BCUT2D eigenvalue weighted by atomic mass is 16.6. The predicted molar refractivity (Wildman–Crippen MR) is 303 cm³/mol. The van der Waals surface area contributed by atoms with Crippen molar-refractivity contribution < 1.29 is 19.4 Å². The van der Waals surface area contributed by atoms with E-state index < -0.39 is 11.2 Å². The van der Waals surface area contributed by atoms with Gasteiger partial charge >= 0.3 is 6.09 Å². The first-order valence-electron chi connectivity index (χ1n) is 28.6. The first kappa shape index (κ1) is 67.4. The third-order valence-corrected chi connectivity index (χ3v) is 16.1. The Morgan fingerprint density at radius 3 is 1.39 bits per heavy atom. The van der Waals surface area contributed by atoms with Crippen molar-refractivity contribution in [3.8, 4) is 0 Å². The highest BCUT2D eigenvalue weighted by Crippen LogP contribution is 2.28. The summed E-state index contributed by atoms with van der Waals surface area (Å²) < 4.78 is 5.32. The van der Waals surface area contributed by atoms with Gasteiger partial charge in [0.1, 0.15) is 5.60 Å². The molecular formula is C58H121N9O4. The molecule has 5 saturated heterocycles. The lowest BCUT2D eigenvalue weighted by molar-refractivity contribution is -0.136. The quantitative estimate of drug-likeness (QED) is 0.176. The first-order valence-corrected chi connectivity index (χ1v) is 28.6. The SMILES string of the molecule is CC(C)N1CCC(C)(N)CC1.CC(C)N1CCC(C)(NC(=O)OC(C)(C)C)CC1.CC(C)N1CCC(C)(O)CC1.CC1CCN(C(C)C)CC1N(C)C(=O)CC(C)(C)C.CNC1CN(C(C)C)CCC1C. The Balaban J connectivity index is 0.000000453. The summed E-state index contributed by atoms with van der Waals surface area (Å²) in [7, 11) is 4.06. The zero-order chi connectivity index (χ0) is 54.9. The second-order valence-electron chi connectivity index (χ2n) is 27.1. The molecule has 0 aliphatic carbocycles. The number of nitrogens with zero attached hydrogens (tertiary/aromatic N) is 6. The highest BCUT2D eigenvalue weighted by Gasteiger charge is 2.35. The van der Waals surface area contributed by atoms with Gasteiger partial charge in [-0.1, -0.05) is 34.6 Å². The minimum Gasteiger partial charge on any atom is -0.444 e. The van der Waals surface area contributed by atoms with Gasteiger partial charge in [0.2, 0.25) is 5.91 Å². The summed E-state index contributed by atoms with van der Waals surface area (Å²) in [5, 5.41) is 16.1. The van der Waals surface area contributed by atoms with E-state index in [9.17, 15) is 14.7 Å². The standard InChI is InChI=1S/C16H32N2O.C14H28N2O2.C10H22N2.C9H20N2.C9H19NO/c1-12(2)18-9-8-13(3)14(11-18)17(7)15(19)10-16(4,5)6;1-11(2)16-9-7-14(6,8-10-16)15-12(17)18-13(3,4)5;1-8(2)12-6-5-9(3)10(7-12)11-4;1-8(2)11-6-4-9(3,10)5-7-11;1-8(2)10-6-4-9(3,11)5-7-10/h12-14H,8-11H2,1-7H3;11H,7-10H2,1-6H3,(H,15,17);8-11H,5-7H2,1-4H3;8H,4-7,10H2,1-3H3;8,11H,4-7H2,1-3H3. The third-order valence-electron chi connectivity index (χ3n) is 16.1. The van der Waals surface area contributed by atoms with Crippen molar-refractivity contribution in [2.24, 2.45) is 23.0 Å². The number of ether oxygens (including phenoxy) is 1. The van der Waals surface area contributed by atoms with Crippen LogP contribution in [0.15, 0.2) is 0 Å². The number of likely N-dealkylation sites (tertiary alicyclic amines) is 5. The van der Waals surface area contributed by atoms with Crippen LogP contribution in [0.1, 0.15) is 203 Å². The van der Waals surface area contributed by atoms with Crippen LogP contribution in [0.4, 0.5) is 4.79 Å². The average Bonchev–Trinajstić information content (AvgIpc) is 3.23. The monoisotopic (exact) mass is 1010 g/mol. The van der Waals surface area contributed by atoms with Crippen LogP contribution in [0, 0.1) is 17.3 Å². The van der Waals surface area contributed by atoms with Crippen LogP contribution in [-0.2, 0) is 9.53 Å². The Bertz CT molecular complexity index is 1430. The summed E-state index contributed by atoms with van der Waals surface area (Å²) in [6.07, 6.45) is 8.94. The fourth-order valence-corrected chi connectivity index (χ4v) is 10.0. The smallest absolute Gasteiger partial charge is 0.408 e. The van der Waals surface area contributed by atoms with Gasteiger partial charge < -0.3 is 45.8 Å². The second kappa shape index (κ2) is 30.2. The number of aliphatic hydroxyl groups is 1. The maximum atomic E-state index is 12.4. The molecule has 5 N–H and O–H groups in total. The molecule has 5 aliphatic rings. The second-order valence-corrected chi connectivity index (χ2v) is 27.1. The van der Waals surface area contributed by atoms with Crippen molar-refractivity contribution in [2.45, 2.75) is 268 Å². The molecule has 4 atom stereocenters. The predicted octanol–water partition coefficient (Wildman–Crippen LogP) is 9.55. The summed E-state index contributed by atoms with van der Waals surface area (Å²) in [4.78, 5) is 38.6. The van der Waals surface area contributed by atoms with E-state index >= 15 is 0 Å². The minimum absolute atomic E-state index is 0.0704. The molecule has 0 spiro atoms. The third kappa shape index (κ3) is 27.2. The summed E-state index contributed by atoms with van der Waals surface area (Å²) in [6, 6.07) is 4.23. The molecule has 71 heavy (non-hydrogen) atoms. The largest absolute Gasteiger partial charge is 0.444 e. The van der Waals surface area contributed by atoms with Gasteiger partial charge in [0.25, 0.3) is 0 Å². The summed E-state index contributed by atoms with van der Waals surface area (Å²) in [5.41, 5.74) is 5.23. The number of rotatable bonds is 9. The van der Waals surface area contributed by atoms with E-state index in [0.29, 0.717) is 54.6 Å². The molecule has 5 aliphatic heterocycles. The van der Waals surface area contributed by atoms with Crippen LogP contribution in [0.5, 0.6) is 0 Å². The molecule has 0 saturated carbocycles. The number of nitrogens with two attached hydrogens (primary N) is 1. The zero-order valence-electron chi connectivity index (χ0n) is 51.1. The molecule has 5 fully saturated rings. The number of alkyl carbamates (subject to hydrolysis) is 1. The van der Waals surface area contributed by atoms with Crippen LogP contribution in [-0.4, -0.2) is 191 Å². The van der Waals surface area contributed by atoms with E-state index in [1.54, 1.807) is 0 Å². The number of likely N-dealkylation sites (N-methyl/N-ethyl adjacent to an activating group) is 2. The van der Waals surface area contributed by atoms with Crippen LogP contribution in [0.3, 0.4) is 0 Å². The van der Waals surface area contributed by atoms with Crippen molar-refractivity contribution in [1.29, 1.82) is 0 Å². The summed E-state index contributed by atoms with van der Waals surface area (Å²) in [6.45, 7) is 56.4. The molecule has 0 aromatic carbocycles. The van der Waals surface area contributed by atoms with E-state index in [4.69, 9.17) is 10.5 Å². The van der Waals surface area contributed by atoms with Crippen molar-refractivity contribution >= 4 is 12.0 Å². The van der Waals surface area contributed by atoms with Gasteiger partial charge in [-0.05, 0) is 200 Å². The normalized spacial score (nSPS) is 25.7. The molecule has 0 radical (unpaired) electrons. The maximum absolute atomic E-state index is 12.4. The molecule has 13 heteroatoms. The van der Waals surface area contributed by atoms with Crippen LogP contribution >= 0.6 is 0 Å². The Hall–Kier alpha value is -1.58. The van der Waals surface area contributed by atoms with E-state index in [0.717, 1.165) is 83.7 Å². The Morgan fingerprint density at radius 1 is 0.634 bits per heavy atom. The fraction of sp³-hybridized carbons (Fsp3) is 0.966. The molecule has 0 aromatic rings. The van der Waals surface area contributed by atoms with Gasteiger partial charge in [0.05, 0.1) is 5.60 Å². The lowest BCUT2D eigenvalue weighted by atomic mass is 9.88. The van der Waals surface area contributed by atoms with E-state index in [1.807, 2.05) is 39.6 Å². The number of amides is 2. The summed E-state index contributed by atoms with van der Waals surface area (Å²) in [5.74, 6) is 1.73. The minimum atomic E-state index is -0.431. The molecule has 13 nitrogen and oxygen atoms in total. The van der Waals surface area contributed by atoms with Crippen molar-refractivity contribution in [3.05, 3.63) is 0 Å². The van der Waals surface area contributed by atoms with Gasteiger partial charge in [-0.3, -0.25) is 14.6 Å². The molecule has 4 unspecified atom stereocenters. The fourth-order valence-electron chi connectivity index (χ4n) is 10.0. The van der Waals surface area contributed by atoms with Crippen molar-refractivity contribution in [1.82, 2.24) is 40.0 Å². The molecule has 2 amide bonds. The van der Waals surface area contributed by atoms with Crippen molar-refractivity contribution in [3.63, 3.8) is 0 Å². The Morgan fingerprint density at radius 2 is 1.01 bits per heavy atom. The van der Waals surface area contributed by atoms with Gasteiger partial charge in [-0.25, -0.2) is 4.79 Å². The molecule has 422 valence electrons. The molecule has 5 rings (SSSR count). The number of piperidine rings is 5. The van der Waals surface area contributed by atoms with Gasteiger partial charge in [0.15, 0.2) is 0 Å². The number of carbonyl (C=O) groups excluding carboxylic acids is 2. The van der Waals surface area contributed by atoms with E-state index in [2.05, 4.69) is 160 Å². The first-order chi connectivity index (χ1) is 32.4. The van der Waals surface area contributed by atoms with Crippen LogP contribution in [0.2, 0.25) is 0 Å². The van der Waals surface area contributed by atoms with Crippen LogP contribution < -0.4 is 16.4 Å². The number of carbonyl (C=O) groups is 2. The lowest BCUT2D eigenvalue weighted by Crippen LogP contribution is -2.55. The van der Waals surface area contributed by atoms with E-state index in [-0.39, 0.29) is 28.5 Å². The molecular weight excluding hydrogens is 887 g/mol. The Labute approximate surface area is 440 Å². The average molecular weight is 1010 g/mol. The highest BCUT2D eigenvalue weighted by molar-refractivity contribution is 5.77. The van der Waals surface area contributed by atoms with Gasteiger partial charge in [-0.15, -0.1) is 0 Å². The van der Waals surface area contributed by atoms with Crippen molar-refractivity contribution in [2.75, 3.05) is 79.5 Å². The maximum Gasteiger partial charge on any atom is 0.408 e. The molecule has 0 aromatic heterocycles. The Kier molecular flexibility index (Phi) is 28.7. The topological polar surface area (TPSA) is 133 Å². The number of nitrogens with one attached hydrogen (secondary N) is 2. The molecule has 0 bridgehead atoms. The van der Waals surface area contributed by atoms with Gasteiger partial charge in [0, 0.05) is 119 Å². The number of hydrogen-bond donors (Lipinski definition) is 4. The van der Waals surface area contributed by atoms with Crippen LogP contribution in [0.25, 0.3) is 0 Å². The zero-order valence-corrected chi connectivity index (χ0v) is 51.1. The summed E-state index contributed by atoms with van der Waals surface area (Å²) >= 11 is 0. The number of hydrogen-bond acceptors (Lipinski definition) is 11. The van der Waals surface area contributed by atoms with Gasteiger partial charge in [-0.2, -0.15) is 0 Å².